The summed E-state index contributed by atoms with van der Waals surface area (Å²) in [4.78, 5) is 4.40. The van der Waals surface area contributed by atoms with Crippen molar-refractivity contribution < 1.29 is 0 Å². The minimum Gasteiger partial charge on any atom is -0.331 e. The van der Waals surface area contributed by atoms with Gasteiger partial charge in [-0.1, -0.05) is 156 Å². The van der Waals surface area contributed by atoms with Gasteiger partial charge in [-0.25, -0.2) is 4.98 Å². The Labute approximate surface area is 221 Å². The highest BCUT2D eigenvalue weighted by atomic mass is 15.1. The molecule has 2 unspecified atom stereocenters. The Bertz CT molecular complexity index is 537. The van der Waals surface area contributed by atoms with Crippen molar-refractivity contribution >= 4 is 0 Å². The molecule has 0 bridgehead atoms. The third-order valence-corrected chi connectivity index (χ3v) is 8.75. The number of aromatic nitrogens is 2. The second-order valence-corrected chi connectivity index (χ2v) is 11.7. The molecule has 2 atom stereocenters. The molecule has 0 aliphatic carbocycles. The van der Waals surface area contributed by atoms with Gasteiger partial charge >= 0.3 is 0 Å². The van der Waals surface area contributed by atoms with Crippen molar-refractivity contribution in [1.82, 2.24) is 9.55 Å². The van der Waals surface area contributed by atoms with Crippen LogP contribution in [0.2, 0.25) is 0 Å². The first-order valence-electron chi connectivity index (χ1n) is 16.2. The minimum absolute atomic E-state index is 0.217. The van der Waals surface area contributed by atoms with Crippen LogP contribution < -0.4 is 0 Å². The Balaban J connectivity index is 2.27. The van der Waals surface area contributed by atoms with Crippen LogP contribution in [0.3, 0.4) is 0 Å². The molecule has 2 nitrogen and oxygen atoms in total. The minimum atomic E-state index is 0.217. The summed E-state index contributed by atoms with van der Waals surface area (Å²) in [6.45, 7) is 9.49. The monoisotopic (exact) mass is 489 g/mol. The van der Waals surface area contributed by atoms with Gasteiger partial charge in [0.25, 0.3) is 0 Å². The first kappa shape index (κ1) is 32.2. The molecule has 0 saturated heterocycles. The van der Waals surface area contributed by atoms with Crippen LogP contribution in [0.1, 0.15) is 182 Å². The van der Waals surface area contributed by atoms with Gasteiger partial charge in [-0.2, -0.15) is 0 Å². The Morgan fingerprint density at radius 1 is 0.571 bits per heavy atom. The molecular formula is C33H64N2. The maximum Gasteiger partial charge on any atom is 0.0951 e. The number of unbranched alkanes of at least 4 members (excludes halogenated alkanes) is 19. The SMILES string of the molecule is CCCCCCCCCCCCCCCC(CCCCCCCCCC)C(C)(CC)n1ccnc1. The van der Waals surface area contributed by atoms with Crippen molar-refractivity contribution in [2.75, 3.05) is 0 Å². The highest BCUT2D eigenvalue weighted by molar-refractivity contribution is 4.93. The molecule has 0 radical (unpaired) electrons. The molecule has 1 rings (SSSR count). The number of hydrogen-bond donors (Lipinski definition) is 0. The summed E-state index contributed by atoms with van der Waals surface area (Å²) in [6.07, 6.45) is 40.3. The lowest BCUT2D eigenvalue weighted by molar-refractivity contribution is 0.153. The zero-order chi connectivity index (χ0) is 25.5. The number of hydrogen-bond acceptors (Lipinski definition) is 1. The van der Waals surface area contributed by atoms with Gasteiger partial charge in [0.1, 0.15) is 0 Å². The van der Waals surface area contributed by atoms with Gasteiger partial charge in [0.15, 0.2) is 0 Å². The van der Waals surface area contributed by atoms with Crippen molar-refractivity contribution in [3.8, 4) is 0 Å². The molecule has 0 aromatic carbocycles. The molecule has 206 valence electrons. The Hall–Kier alpha value is -0.790. The van der Waals surface area contributed by atoms with Crippen LogP contribution in [0.4, 0.5) is 0 Å². The molecule has 0 amide bonds. The second-order valence-electron chi connectivity index (χ2n) is 11.7. The number of rotatable bonds is 26. The largest absolute Gasteiger partial charge is 0.331 e. The van der Waals surface area contributed by atoms with Crippen molar-refractivity contribution in [2.24, 2.45) is 5.92 Å². The van der Waals surface area contributed by atoms with E-state index in [9.17, 15) is 0 Å². The molecule has 1 aromatic heterocycles. The molecule has 0 fully saturated rings. The summed E-state index contributed by atoms with van der Waals surface area (Å²) in [5.74, 6) is 0.773. The van der Waals surface area contributed by atoms with Gasteiger partial charge in [0.05, 0.1) is 6.33 Å². The maximum absolute atomic E-state index is 4.40. The smallest absolute Gasteiger partial charge is 0.0951 e. The van der Waals surface area contributed by atoms with E-state index in [0.29, 0.717) is 0 Å². The number of imidazole rings is 1. The molecule has 1 heterocycles. The first-order valence-corrected chi connectivity index (χ1v) is 16.2. The molecule has 0 saturated carbocycles. The third-order valence-electron chi connectivity index (χ3n) is 8.75. The third kappa shape index (κ3) is 15.1. The van der Waals surface area contributed by atoms with Gasteiger partial charge in [-0.15, -0.1) is 0 Å². The summed E-state index contributed by atoms with van der Waals surface area (Å²) in [5, 5.41) is 0. The summed E-state index contributed by atoms with van der Waals surface area (Å²) in [6, 6.07) is 0. The first-order chi connectivity index (χ1) is 17.2. The molecule has 2 heteroatoms. The summed E-state index contributed by atoms with van der Waals surface area (Å²) in [7, 11) is 0. The zero-order valence-corrected chi connectivity index (χ0v) is 24.7. The maximum atomic E-state index is 4.40. The zero-order valence-electron chi connectivity index (χ0n) is 24.7. The van der Waals surface area contributed by atoms with Crippen molar-refractivity contribution in [3.63, 3.8) is 0 Å². The Morgan fingerprint density at radius 3 is 1.26 bits per heavy atom. The fourth-order valence-electron chi connectivity index (χ4n) is 5.94. The van der Waals surface area contributed by atoms with Crippen LogP contribution in [0.5, 0.6) is 0 Å². The highest BCUT2D eigenvalue weighted by Gasteiger charge is 2.33. The van der Waals surface area contributed by atoms with E-state index in [2.05, 4.69) is 49.8 Å². The van der Waals surface area contributed by atoms with E-state index in [1.54, 1.807) is 0 Å². The molecule has 0 spiro atoms. The summed E-state index contributed by atoms with van der Waals surface area (Å²) in [5.41, 5.74) is 0.217. The summed E-state index contributed by atoms with van der Waals surface area (Å²) >= 11 is 0. The van der Waals surface area contributed by atoms with Crippen LogP contribution in [0.15, 0.2) is 18.7 Å². The van der Waals surface area contributed by atoms with Crippen molar-refractivity contribution in [3.05, 3.63) is 18.7 Å². The number of nitrogens with zero attached hydrogens (tertiary/aromatic N) is 2. The van der Waals surface area contributed by atoms with E-state index in [1.165, 1.54) is 154 Å². The Morgan fingerprint density at radius 2 is 0.943 bits per heavy atom. The van der Waals surface area contributed by atoms with Crippen LogP contribution in [-0.4, -0.2) is 9.55 Å². The lowest BCUT2D eigenvalue weighted by atomic mass is 9.76. The van der Waals surface area contributed by atoms with E-state index in [0.717, 1.165) is 5.92 Å². The van der Waals surface area contributed by atoms with Crippen molar-refractivity contribution in [1.29, 1.82) is 0 Å². The average molecular weight is 489 g/mol. The highest BCUT2D eigenvalue weighted by Crippen LogP contribution is 2.37. The topological polar surface area (TPSA) is 17.8 Å². The molecule has 0 N–H and O–H groups in total. The predicted octanol–water partition coefficient (Wildman–Crippen LogP) is 11.6. The quantitative estimate of drug-likeness (QED) is 0.118. The van der Waals surface area contributed by atoms with Gasteiger partial charge in [0.2, 0.25) is 0 Å². The van der Waals surface area contributed by atoms with E-state index in [4.69, 9.17) is 0 Å². The molecular weight excluding hydrogens is 424 g/mol. The van der Waals surface area contributed by atoms with Crippen LogP contribution in [0.25, 0.3) is 0 Å². The van der Waals surface area contributed by atoms with Gasteiger partial charge in [0, 0.05) is 17.9 Å². The fourth-order valence-corrected chi connectivity index (χ4v) is 5.94. The van der Waals surface area contributed by atoms with E-state index in [1.807, 2.05) is 6.20 Å². The van der Waals surface area contributed by atoms with E-state index in [-0.39, 0.29) is 5.54 Å². The second kappa shape index (κ2) is 22.4. The molecule has 0 aliphatic heterocycles. The lowest BCUT2D eigenvalue weighted by Crippen LogP contribution is -2.37. The summed E-state index contributed by atoms with van der Waals surface area (Å²) < 4.78 is 2.42. The molecule has 35 heavy (non-hydrogen) atoms. The fraction of sp³-hybridized carbons (Fsp3) is 0.909. The lowest BCUT2D eigenvalue weighted by Gasteiger charge is -2.39. The van der Waals surface area contributed by atoms with Crippen LogP contribution in [-0.2, 0) is 5.54 Å². The average Bonchev–Trinajstić information content (AvgIpc) is 3.42. The predicted molar refractivity (Wildman–Crippen MR) is 157 cm³/mol. The van der Waals surface area contributed by atoms with Crippen LogP contribution in [0, 0.1) is 5.92 Å². The van der Waals surface area contributed by atoms with Gasteiger partial charge in [-0.05, 0) is 32.1 Å². The normalized spacial score (nSPS) is 14.3. The van der Waals surface area contributed by atoms with Crippen molar-refractivity contribution in [2.45, 2.75) is 187 Å². The van der Waals surface area contributed by atoms with E-state index >= 15 is 0 Å². The molecule has 1 aromatic rings. The standard InChI is InChI=1S/C33H64N2/c1-5-8-10-12-14-16-17-18-19-20-22-24-26-28-32(27-25-23-21-15-13-11-9-6-2)33(4,7-3)35-30-29-34-31-35/h29-32H,5-28H2,1-4H3. The van der Waals surface area contributed by atoms with E-state index < -0.39 is 0 Å². The Kier molecular flexibility index (Phi) is 20.6. The van der Waals surface area contributed by atoms with Gasteiger partial charge < -0.3 is 4.57 Å². The molecule has 0 aliphatic rings. The van der Waals surface area contributed by atoms with Gasteiger partial charge in [-0.3, -0.25) is 0 Å². The van der Waals surface area contributed by atoms with Crippen LogP contribution >= 0.6 is 0 Å².